The third-order valence-electron chi connectivity index (χ3n) is 3.97. The van der Waals surface area contributed by atoms with Gasteiger partial charge in [-0.05, 0) is 0 Å². The molecule has 4 N–H and O–H groups in total. The Labute approximate surface area is 169 Å². The number of aromatic nitrogens is 5. The van der Waals surface area contributed by atoms with Crippen molar-refractivity contribution in [2.24, 2.45) is 0 Å². The average molecular weight is 395 g/mol. The van der Waals surface area contributed by atoms with E-state index in [1.807, 2.05) is 0 Å². The van der Waals surface area contributed by atoms with Gasteiger partial charge in [0.25, 0.3) is 0 Å². The van der Waals surface area contributed by atoms with Gasteiger partial charge in [-0.1, -0.05) is 0 Å². The standard InChI is InChI=1S/C12H14N5O7P.Na.H/c18-8-6(3-23-25(20,21)22)24-12(9(8)19)17-5-14-7-10-13-1-2-16(10)4-15-11(7)17;;/h1-2,4-6,8-9,12,18-19H,3H2,(H2,20,21,22);;/q;+1;-1/t6-,8-,9-,12-;;/m1../s1. The molecule has 0 amide bonds. The third kappa shape index (κ3) is 3.45. The average Bonchev–Trinajstić information content (AvgIpc) is 3.23. The van der Waals surface area contributed by atoms with Crippen molar-refractivity contribution in [2.75, 3.05) is 6.61 Å². The molecule has 0 aromatic carbocycles. The van der Waals surface area contributed by atoms with Crippen LogP contribution in [0.2, 0.25) is 0 Å². The third-order valence-corrected chi connectivity index (χ3v) is 4.46. The zero-order valence-electron chi connectivity index (χ0n) is 14.5. The van der Waals surface area contributed by atoms with Gasteiger partial charge in [0.15, 0.2) is 23.0 Å². The van der Waals surface area contributed by atoms with Crippen LogP contribution in [0.15, 0.2) is 25.0 Å². The quantitative estimate of drug-likeness (QED) is 0.252. The predicted octanol–water partition coefficient (Wildman–Crippen LogP) is -4.08. The van der Waals surface area contributed by atoms with Crippen LogP contribution in [0.3, 0.4) is 0 Å². The fourth-order valence-corrected chi connectivity index (χ4v) is 3.14. The van der Waals surface area contributed by atoms with Crippen molar-refractivity contribution >= 4 is 24.6 Å². The van der Waals surface area contributed by atoms with Crippen molar-refractivity contribution in [3.05, 3.63) is 25.0 Å². The number of imidazole rings is 2. The zero-order valence-corrected chi connectivity index (χ0v) is 16.4. The molecular weight excluding hydrogens is 380 g/mol. The van der Waals surface area contributed by atoms with Crippen LogP contribution in [-0.4, -0.2) is 68.8 Å². The number of fused-ring (bicyclic) bond motifs is 3. The molecule has 0 aliphatic carbocycles. The molecule has 136 valence electrons. The largest absolute Gasteiger partial charge is 1.00 e. The van der Waals surface area contributed by atoms with E-state index in [2.05, 4.69) is 19.5 Å². The minimum atomic E-state index is -4.72. The van der Waals surface area contributed by atoms with Crippen molar-refractivity contribution in [1.29, 1.82) is 0 Å². The maximum absolute atomic E-state index is 10.8. The fraction of sp³-hybridized carbons (Fsp3) is 0.417. The molecule has 4 rings (SSSR count). The van der Waals surface area contributed by atoms with E-state index in [0.717, 1.165) is 0 Å². The number of hydrogen-bond donors (Lipinski definition) is 4. The predicted molar refractivity (Wildman–Crippen MR) is 81.3 cm³/mol. The topological polar surface area (TPSA) is 164 Å². The summed E-state index contributed by atoms with van der Waals surface area (Å²) in [6.07, 6.45) is 1.28. The Balaban J connectivity index is 0.00000131. The van der Waals surface area contributed by atoms with E-state index < -0.39 is 39.0 Å². The first-order valence-electron chi connectivity index (χ1n) is 7.21. The summed E-state index contributed by atoms with van der Waals surface area (Å²) >= 11 is 0. The smallest absolute Gasteiger partial charge is 1.00 e. The van der Waals surface area contributed by atoms with Crippen LogP contribution >= 0.6 is 7.82 Å². The van der Waals surface area contributed by atoms with Gasteiger partial charge in [0.1, 0.15) is 24.6 Å². The Morgan fingerprint density at radius 3 is 2.69 bits per heavy atom. The van der Waals surface area contributed by atoms with Gasteiger partial charge in [-0.3, -0.25) is 13.5 Å². The van der Waals surface area contributed by atoms with Crippen LogP contribution in [0.5, 0.6) is 0 Å². The molecule has 4 heterocycles. The van der Waals surface area contributed by atoms with E-state index in [4.69, 9.17) is 14.5 Å². The molecule has 4 atom stereocenters. The first-order valence-corrected chi connectivity index (χ1v) is 8.74. The van der Waals surface area contributed by atoms with Gasteiger partial charge in [-0.2, -0.15) is 0 Å². The number of phosphoric acid groups is 1. The second-order valence-corrected chi connectivity index (χ2v) is 6.80. The van der Waals surface area contributed by atoms with E-state index in [1.54, 1.807) is 16.8 Å². The summed E-state index contributed by atoms with van der Waals surface area (Å²) < 4.78 is 23.8. The zero-order chi connectivity index (χ0) is 17.8. The van der Waals surface area contributed by atoms with Gasteiger partial charge in [-0.25, -0.2) is 19.5 Å². The van der Waals surface area contributed by atoms with E-state index in [1.165, 1.54) is 17.2 Å². The maximum atomic E-state index is 10.8. The monoisotopic (exact) mass is 395 g/mol. The van der Waals surface area contributed by atoms with Gasteiger partial charge in [0, 0.05) is 12.4 Å². The van der Waals surface area contributed by atoms with Gasteiger partial charge in [-0.15, -0.1) is 0 Å². The molecule has 0 bridgehead atoms. The summed E-state index contributed by atoms with van der Waals surface area (Å²) in [6.45, 7) is -0.580. The van der Waals surface area contributed by atoms with Crippen molar-refractivity contribution in [3.63, 3.8) is 0 Å². The Morgan fingerprint density at radius 2 is 1.96 bits per heavy atom. The summed E-state index contributed by atoms with van der Waals surface area (Å²) in [6, 6.07) is 0. The summed E-state index contributed by atoms with van der Waals surface area (Å²) in [5.41, 5.74) is 1.43. The molecule has 0 unspecified atom stereocenters. The second kappa shape index (κ2) is 7.24. The molecule has 12 nitrogen and oxygen atoms in total. The van der Waals surface area contributed by atoms with E-state index >= 15 is 0 Å². The van der Waals surface area contributed by atoms with Crippen molar-refractivity contribution < 1.29 is 64.8 Å². The molecule has 0 saturated carbocycles. The molecular formula is C12H15N5NaO7P. The first kappa shape index (κ1) is 19.8. The first-order chi connectivity index (χ1) is 11.8. The van der Waals surface area contributed by atoms with Crippen molar-refractivity contribution in [3.8, 4) is 0 Å². The van der Waals surface area contributed by atoms with Gasteiger partial charge in [0.2, 0.25) is 0 Å². The fourth-order valence-electron chi connectivity index (χ4n) is 2.80. The Bertz CT molecular complexity index is 980. The van der Waals surface area contributed by atoms with Gasteiger partial charge in [0.05, 0.1) is 12.9 Å². The molecule has 0 radical (unpaired) electrons. The van der Waals surface area contributed by atoms with Gasteiger partial charge >= 0.3 is 37.4 Å². The Hall–Kier alpha value is -0.920. The van der Waals surface area contributed by atoms with Crippen molar-refractivity contribution in [2.45, 2.75) is 24.5 Å². The van der Waals surface area contributed by atoms with Crippen LogP contribution in [0.1, 0.15) is 7.65 Å². The van der Waals surface area contributed by atoms with Crippen LogP contribution < -0.4 is 29.6 Å². The van der Waals surface area contributed by atoms with E-state index in [-0.39, 0.29) is 31.0 Å². The molecule has 3 aromatic heterocycles. The summed E-state index contributed by atoms with van der Waals surface area (Å²) in [5, 5.41) is 20.3. The number of ether oxygens (including phenoxy) is 1. The Morgan fingerprint density at radius 1 is 1.19 bits per heavy atom. The number of hydrogen-bond acceptors (Lipinski definition) is 8. The minimum absolute atomic E-state index is 0. The van der Waals surface area contributed by atoms with Crippen LogP contribution in [0, 0.1) is 0 Å². The number of nitrogens with zero attached hydrogens (tertiary/aromatic N) is 5. The number of aliphatic hydroxyl groups excluding tert-OH is 2. The van der Waals surface area contributed by atoms with E-state index in [0.29, 0.717) is 16.8 Å². The maximum Gasteiger partial charge on any atom is 1.00 e. The second-order valence-electron chi connectivity index (χ2n) is 5.56. The SMILES string of the molecule is O=P(O)(O)OC[C@H]1O[C@@H](n2cnc3c2ncn2ccnc32)[C@H](O)[C@@H]1O.[H-].[Na+]. The number of phosphoric ester groups is 1. The molecule has 1 fully saturated rings. The summed E-state index contributed by atoms with van der Waals surface area (Å²) in [5.74, 6) is 0. The van der Waals surface area contributed by atoms with Crippen LogP contribution in [-0.2, 0) is 13.8 Å². The molecule has 1 aliphatic rings. The van der Waals surface area contributed by atoms with Crippen molar-refractivity contribution in [1.82, 2.24) is 23.9 Å². The van der Waals surface area contributed by atoms with Crippen LogP contribution in [0.25, 0.3) is 16.8 Å². The Kier molecular flexibility index (Phi) is 5.53. The summed E-state index contributed by atoms with van der Waals surface area (Å²) in [4.78, 5) is 30.2. The molecule has 0 spiro atoms. The molecule has 1 aliphatic heterocycles. The van der Waals surface area contributed by atoms with Gasteiger partial charge < -0.3 is 26.2 Å². The van der Waals surface area contributed by atoms with E-state index in [9.17, 15) is 14.8 Å². The summed E-state index contributed by atoms with van der Waals surface area (Å²) in [7, 11) is -4.72. The number of rotatable bonds is 4. The minimum Gasteiger partial charge on any atom is -1.00 e. The molecule has 14 heteroatoms. The number of aliphatic hydroxyl groups is 2. The molecule has 26 heavy (non-hydrogen) atoms. The van der Waals surface area contributed by atoms with Crippen LogP contribution in [0.4, 0.5) is 0 Å². The normalized spacial score (nSPS) is 26.5. The molecule has 3 aromatic rings. The molecule has 1 saturated heterocycles.